The topological polar surface area (TPSA) is 210 Å². The fourth-order valence-corrected chi connectivity index (χ4v) is 8.99. The van der Waals surface area contributed by atoms with Gasteiger partial charge in [-0.2, -0.15) is 0 Å². The van der Waals surface area contributed by atoms with Gasteiger partial charge in [0, 0.05) is 12.8 Å². The van der Waals surface area contributed by atoms with Crippen LogP contribution in [0.5, 0.6) is 0 Å². The molecule has 6 unspecified atom stereocenters. The van der Waals surface area contributed by atoms with Gasteiger partial charge < -0.3 is 39.9 Å². The molecule has 13 nitrogen and oxygen atoms in total. The number of aliphatic hydroxyl groups excluding tert-OH is 5. The van der Waals surface area contributed by atoms with Crippen LogP contribution in [0.1, 0.15) is 232 Å². The first kappa shape index (κ1) is 59.6. The van der Waals surface area contributed by atoms with Crippen LogP contribution in [0.15, 0.2) is 12.2 Å². The van der Waals surface area contributed by atoms with Gasteiger partial charge in [-0.1, -0.05) is 206 Å². The molecule has 0 radical (unpaired) electrons. The zero-order valence-corrected chi connectivity index (χ0v) is 40.5. The summed E-state index contributed by atoms with van der Waals surface area (Å²) in [4.78, 5) is 35.8. The second kappa shape index (κ2) is 39.7. The van der Waals surface area contributed by atoms with Crippen LogP contribution in [0.2, 0.25) is 0 Å². The minimum absolute atomic E-state index is 0.0885. The van der Waals surface area contributed by atoms with E-state index in [9.17, 15) is 44.6 Å². The molecule has 0 heterocycles. The smallest absolute Gasteiger partial charge is 0.462 e. The first-order chi connectivity index (χ1) is 30.4. The molecule has 0 aromatic heterocycles. The van der Waals surface area contributed by atoms with E-state index in [-0.39, 0.29) is 12.8 Å². The molecule has 0 spiro atoms. The van der Waals surface area contributed by atoms with Crippen molar-refractivity contribution < 1.29 is 63.1 Å². The number of hydrogen-bond donors (Lipinski definition) is 6. The zero-order chi connectivity index (χ0) is 46.4. The van der Waals surface area contributed by atoms with Crippen LogP contribution in [0, 0.1) is 0 Å². The van der Waals surface area contributed by atoms with E-state index in [2.05, 4.69) is 19.9 Å². The van der Waals surface area contributed by atoms with E-state index >= 15 is 0 Å². The third kappa shape index (κ3) is 32.0. The van der Waals surface area contributed by atoms with Crippen LogP contribution in [0.25, 0.3) is 0 Å². The van der Waals surface area contributed by atoms with Crippen LogP contribution in [0.3, 0.4) is 0 Å². The van der Waals surface area contributed by atoms with Gasteiger partial charge >= 0.3 is 19.8 Å². The Labute approximate surface area is 382 Å². The Balaban J connectivity index is 2.41. The van der Waals surface area contributed by atoms with Gasteiger partial charge in [-0.15, -0.1) is 0 Å². The van der Waals surface area contributed by atoms with Gasteiger partial charge in [-0.05, 0) is 25.7 Å². The minimum atomic E-state index is -5.12. The predicted molar refractivity (Wildman–Crippen MR) is 249 cm³/mol. The lowest BCUT2D eigenvalue weighted by molar-refractivity contribution is -0.220. The molecule has 1 aliphatic carbocycles. The van der Waals surface area contributed by atoms with Crippen LogP contribution in [0.4, 0.5) is 0 Å². The number of allylic oxidation sites excluding steroid dienone is 2. The van der Waals surface area contributed by atoms with E-state index in [1.54, 1.807) is 0 Å². The minimum Gasteiger partial charge on any atom is -0.462 e. The monoisotopic (exact) mass is 921 g/mol. The maximum Gasteiger partial charge on any atom is 0.472 e. The van der Waals surface area contributed by atoms with Crippen molar-refractivity contribution >= 4 is 19.8 Å². The molecule has 1 fully saturated rings. The lowest BCUT2D eigenvalue weighted by Crippen LogP contribution is -2.64. The fourth-order valence-electron chi connectivity index (χ4n) is 8.01. The van der Waals surface area contributed by atoms with Crippen molar-refractivity contribution in [3.8, 4) is 0 Å². The molecule has 0 aromatic rings. The molecule has 14 heteroatoms. The normalized spacial score (nSPS) is 21.7. The van der Waals surface area contributed by atoms with E-state index < -0.39 is 75.7 Å². The number of carbonyl (C=O) groups excluding carboxylic acids is 2. The van der Waals surface area contributed by atoms with E-state index in [1.807, 2.05) is 6.08 Å². The van der Waals surface area contributed by atoms with Gasteiger partial charge in [0.1, 0.15) is 43.2 Å². The number of rotatable bonds is 43. The summed E-state index contributed by atoms with van der Waals surface area (Å²) in [6.45, 7) is 3.30. The van der Waals surface area contributed by atoms with E-state index in [0.29, 0.717) is 12.8 Å². The molecule has 0 aliphatic heterocycles. The van der Waals surface area contributed by atoms with Crippen LogP contribution in [-0.4, -0.2) is 98.3 Å². The molecular weight excluding hydrogens is 827 g/mol. The number of carbonyl (C=O) groups is 2. The molecule has 0 saturated heterocycles. The summed E-state index contributed by atoms with van der Waals surface area (Å²) >= 11 is 0. The Hall–Kier alpha value is -1.41. The second-order valence-electron chi connectivity index (χ2n) is 18.0. The summed E-state index contributed by atoms with van der Waals surface area (Å²) in [6.07, 6.45) is 29.9. The second-order valence-corrected chi connectivity index (χ2v) is 19.4. The summed E-state index contributed by atoms with van der Waals surface area (Å²) in [5.41, 5.74) is 0. The molecule has 1 saturated carbocycles. The van der Waals surface area contributed by atoms with Crippen molar-refractivity contribution in [2.75, 3.05) is 13.2 Å². The van der Waals surface area contributed by atoms with Crippen molar-refractivity contribution in [2.24, 2.45) is 0 Å². The lowest BCUT2D eigenvalue weighted by atomic mass is 9.85. The lowest BCUT2D eigenvalue weighted by Gasteiger charge is -2.41. The zero-order valence-electron chi connectivity index (χ0n) is 39.6. The van der Waals surface area contributed by atoms with Gasteiger partial charge in [-0.25, -0.2) is 4.57 Å². The number of hydrogen-bond acceptors (Lipinski definition) is 12. The maximum absolute atomic E-state index is 12.8. The molecule has 0 amide bonds. The fraction of sp³-hybridized carbons (Fsp3) is 0.918. The number of esters is 2. The van der Waals surface area contributed by atoms with E-state index in [1.165, 1.54) is 161 Å². The predicted octanol–water partition coefficient (Wildman–Crippen LogP) is 10.6. The molecule has 1 aliphatic rings. The van der Waals surface area contributed by atoms with Gasteiger partial charge in [0.2, 0.25) is 0 Å². The van der Waals surface area contributed by atoms with E-state index in [4.69, 9.17) is 18.5 Å². The SMILES string of the molecule is CCCCCCCCCCCCC/C=C/CCC(=O)OC[C@H](COP(=O)(O)OC1C(O)C(O)C(O)[C@@H](O)C1O)OC(=O)CCCCCCCCCCCCCCCCCCCCC. The standard InChI is InChI=1S/C49H93O13P/c1-3-5-7-9-11-13-15-17-19-20-21-22-24-26-28-30-32-34-36-38-43(51)61-41(40-60-63(57,58)62-49-47(55)45(53)44(52)46(54)48(49)56)39-59-42(50)37-35-33-31-29-27-25-23-18-16-14-12-10-8-6-4-2/h31,33,41,44-49,52-56H,3-30,32,34-40H2,1-2H3,(H,57,58)/b33-31+/t41-,44?,45-,46?,47?,48?,49?/m1/s1. The third-order valence-electron chi connectivity index (χ3n) is 12.1. The molecule has 1 rings (SSSR count). The summed E-state index contributed by atoms with van der Waals surface area (Å²) in [5, 5.41) is 50.2. The van der Waals surface area contributed by atoms with Crippen LogP contribution >= 0.6 is 7.82 Å². The Morgan fingerprint density at radius 3 is 1.27 bits per heavy atom. The molecule has 6 N–H and O–H groups in total. The highest BCUT2D eigenvalue weighted by Crippen LogP contribution is 2.47. The summed E-state index contributed by atoms with van der Waals surface area (Å²) in [7, 11) is -5.12. The number of phosphoric acid groups is 1. The number of aliphatic hydroxyl groups is 5. The summed E-state index contributed by atoms with van der Waals surface area (Å²) in [5.74, 6) is -1.14. The average Bonchev–Trinajstić information content (AvgIpc) is 3.26. The van der Waals surface area contributed by atoms with E-state index in [0.717, 1.165) is 32.1 Å². The van der Waals surface area contributed by atoms with Crippen LogP contribution < -0.4 is 0 Å². The first-order valence-corrected chi connectivity index (χ1v) is 27.0. The number of phosphoric ester groups is 1. The first-order valence-electron chi connectivity index (χ1n) is 25.5. The van der Waals surface area contributed by atoms with Gasteiger partial charge in [-0.3, -0.25) is 18.6 Å². The van der Waals surface area contributed by atoms with Crippen molar-refractivity contribution in [3.63, 3.8) is 0 Å². The molecule has 372 valence electrons. The summed E-state index contributed by atoms with van der Waals surface area (Å²) in [6, 6.07) is 0. The van der Waals surface area contributed by atoms with Gasteiger partial charge in [0.25, 0.3) is 0 Å². The highest BCUT2D eigenvalue weighted by atomic mass is 31.2. The van der Waals surface area contributed by atoms with Gasteiger partial charge in [0.15, 0.2) is 6.10 Å². The molecule has 63 heavy (non-hydrogen) atoms. The highest BCUT2D eigenvalue weighted by molar-refractivity contribution is 7.47. The molecule has 8 atom stereocenters. The highest BCUT2D eigenvalue weighted by Gasteiger charge is 2.51. The Kier molecular flexibility index (Phi) is 37.6. The van der Waals surface area contributed by atoms with Crippen molar-refractivity contribution in [3.05, 3.63) is 12.2 Å². The maximum atomic E-state index is 12.8. The average molecular weight is 921 g/mol. The van der Waals surface area contributed by atoms with Crippen molar-refractivity contribution in [1.82, 2.24) is 0 Å². The Bertz CT molecular complexity index is 1160. The number of unbranched alkanes of at least 4 members (excludes halogenated alkanes) is 29. The number of ether oxygens (including phenoxy) is 2. The third-order valence-corrected chi connectivity index (χ3v) is 13.1. The molecule has 0 bridgehead atoms. The van der Waals surface area contributed by atoms with Gasteiger partial charge in [0.05, 0.1) is 6.61 Å². The quantitative estimate of drug-likeness (QED) is 0.0146. The van der Waals surface area contributed by atoms with Crippen LogP contribution in [-0.2, 0) is 32.7 Å². The van der Waals surface area contributed by atoms with Crippen molar-refractivity contribution in [1.29, 1.82) is 0 Å². The largest absolute Gasteiger partial charge is 0.472 e. The summed E-state index contributed by atoms with van der Waals surface area (Å²) < 4.78 is 33.6. The Morgan fingerprint density at radius 1 is 0.476 bits per heavy atom. The Morgan fingerprint density at radius 2 is 0.841 bits per heavy atom. The molecular formula is C49H93O13P. The molecule has 0 aromatic carbocycles. The van der Waals surface area contributed by atoms with Crippen molar-refractivity contribution in [2.45, 2.75) is 275 Å².